The van der Waals surface area contributed by atoms with Crippen LogP contribution in [0.2, 0.25) is 0 Å². The van der Waals surface area contributed by atoms with E-state index < -0.39 is 10.0 Å². The predicted molar refractivity (Wildman–Crippen MR) is 103 cm³/mol. The molecular weight excluding hydrogens is 364 g/mol. The Hall–Kier alpha value is -2.90. The zero-order valence-corrected chi connectivity index (χ0v) is 15.8. The van der Waals surface area contributed by atoms with E-state index in [0.29, 0.717) is 17.0 Å². The van der Waals surface area contributed by atoms with Crippen LogP contribution in [0.5, 0.6) is 0 Å². The fourth-order valence-electron chi connectivity index (χ4n) is 2.60. The second-order valence-corrected chi connectivity index (χ2v) is 7.90. The Morgan fingerprint density at radius 3 is 2.56 bits per heavy atom. The van der Waals surface area contributed by atoms with Crippen LogP contribution < -0.4 is 10.0 Å². The van der Waals surface area contributed by atoms with E-state index in [4.69, 9.17) is 4.42 Å². The Morgan fingerprint density at radius 2 is 1.81 bits per heavy atom. The highest BCUT2D eigenvalue weighted by molar-refractivity contribution is 7.89. The zero-order chi connectivity index (χ0) is 19.4. The molecule has 6 nitrogen and oxygen atoms in total. The summed E-state index contributed by atoms with van der Waals surface area (Å²) in [5.41, 5.74) is 2.86. The van der Waals surface area contributed by atoms with Crippen molar-refractivity contribution in [3.8, 4) is 0 Å². The van der Waals surface area contributed by atoms with Gasteiger partial charge in [-0.2, -0.15) is 0 Å². The third-order valence-electron chi connectivity index (χ3n) is 4.27. The van der Waals surface area contributed by atoms with Gasteiger partial charge in [-0.25, -0.2) is 13.1 Å². The molecule has 2 aromatic carbocycles. The number of benzene rings is 2. The van der Waals surface area contributed by atoms with Crippen LogP contribution in [-0.4, -0.2) is 14.3 Å². The minimum atomic E-state index is -3.74. The van der Waals surface area contributed by atoms with Gasteiger partial charge in [0.05, 0.1) is 17.7 Å². The summed E-state index contributed by atoms with van der Waals surface area (Å²) in [6.07, 6.45) is 1.48. The molecule has 140 valence electrons. The summed E-state index contributed by atoms with van der Waals surface area (Å²) in [7, 11) is -3.74. The largest absolute Gasteiger partial charge is 0.468 e. The summed E-state index contributed by atoms with van der Waals surface area (Å²) in [5.74, 6) is 0.229. The number of rotatable bonds is 6. The van der Waals surface area contributed by atoms with Crippen molar-refractivity contribution in [1.82, 2.24) is 4.72 Å². The Kier molecular flexibility index (Phi) is 5.43. The molecule has 0 saturated carbocycles. The van der Waals surface area contributed by atoms with Gasteiger partial charge in [0.1, 0.15) is 5.76 Å². The van der Waals surface area contributed by atoms with Crippen molar-refractivity contribution < 1.29 is 17.6 Å². The molecule has 27 heavy (non-hydrogen) atoms. The summed E-state index contributed by atoms with van der Waals surface area (Å²) >= 11 is 0. The first-order valence-electron chi connectivity index (χ1n) is 8.36. The molecule has 1 heterocycles. The minimum absolute atomic E-state index is 0.0500. The van der Waals surface area contributed by atoms with Gasteiger partial charge in [0.2, 0.25) is 10.0 Å². The van der Waals surface area contributed by atoms with Crippen molar-refractivity contribution in [2.45, 2.75) is 25.3 Å². The average molecular weight is 384 g/mol. The molecular formula is C20H20N2O4S. The smallest absolute Gasteiger partial charge is 0.255 e. The average Bonchev–Trinajstić information content (AvgIpc) is 3.16. The Balaban J connectivity index is 1.77. The first kappa shape index (κ1) is 18.9. The van der Waals surface area contributed by atoms with Crippen LogP contribution >= 0.6 is 0 Å². The van der Waals surface area contributed by atoms with Gasteiger partial charge in [-0.15, -0.1) is 0 Å². The Bertz CT molecular complexity index is 1060. The number of nitrogens with one attached hydrogen (secondary N) is 2. The minimum Gasteiger partial charge on any atom is -0.468 e. The van der Waals surface area contributed by atoms with Gasteiger partial charge >= 0.3 is 0 Å². The molecule has 3 aromatic rings. The van der Waals surface area contributed by atoms with E-state index in [1.165, 1.54) is 18.4 Å². The van der Waals surface area contributed by atoms with Crippen LogP contribution in [-0.2, 0) is 16.6 Å². The monoisotopic (exact) mass is 384 g/mol. The van der Waals surface area contributed by atoms with Crippen LogP contribution in [0.15, 0.2) is 70.2 Å². The predicted octanol–water partition coefficient (Wildman–Crippen LogP) is 3.63. The lowest BCUT2D eigenvalue weighted by Crippen LogP contribution is -2.23. The summed E-state index contributed by atoms with van der Waals surface area (Å²) in [6.45, 7) is 3.86. The van der Waals surface area contributed by atoms with Crippen LogP contribution in [0.1, 0.15) is 27.2 Å². The molecule has 0 bridgehead atoms. The molecule has 0 fully saturated rings. The standard InChI is InChI=1S/C20H20N2O4S/c1-14-6-3-10-19(15(14)2)20(23)22-16-7-4-9-18(12-16)27(24,25)21-13-17-8-5-11-26-17/h3-12,21H,13H2,1-2H3,(H,22,23). The van der Waals surface area contributed by atoms with Gasteiger partial charge < -0.3 is 9.73 Å². The molecule has 0 aliphatic rings. The lowest BCUT2D eigenvalue weighted by atomic mass is 10.0. The van der Waals surface area contributed by atoms with Gasteiger partial charge in [0.25, 0.3) is 5.91 Å². The normalized spacial score (nSPS) is 11.3. The van der Waals surface area contributed by atoms with Crippen LogP contribution in [0.4, 0.5) is 5.69 Å². The second-order valence-electron chi connectivity index (χ2n) is 6.13. The summed E-state index contributed by atoms with van der Waals surface area (Å²) in [4.78, 5) is 12.6. The molecule has 0 aliphatic heterocycles. The van der Waals surface area contributed by atoms with Gasteiger partial charge in [-0.1, -0.05) is 18.2 Å². The van der Waals surface area contributed by atoms with E-state index in [2.05, 4.69) is 10.0 Å². The SMILES string of the molecule is Cc1cccc(C(=O)Nc2cccc(S(=O)(=O)NCc3ccco3)c2)c1C. The molecule has 2 N–H and O–H groups in total. The number of carbonyl (C=O) groups excluding carboxylic acids is 1. The van der Waals surface area contributed by atoms with Crippen molar-refractivity contribution in [3.05, 3.63) is 83.3 Å². The van der Waals surface area contributed by atoms with E-state index in [0.717, 1.165) is 11.1 Å². The summed E-state index contributed by atoms with van der Waals surface area (Å²) < 4.78 is 32.5. The molecule has 1 amide bonds. The maximum absolute atomic E-state index is 12.5. The van der Waals surface area contributed by atoms with Crippen LogP contribution in [0.3, 0.4) is 0 Å². The number of hydrogen-bond donors (Lipinski definition) is 2. The quantitative estimate of drug-likeness (QED) is 0.679. The highest BCUT2D eigenvalue weighted by atomic mass is 32.2. The number of anilines is 1. The molecule has 0 saturated heterocycles. The fraction of sp³-hybridized carbons (Fsp3) is 0.150. The van der Waals surface area contributed by atoms with Gasteiger partial charge in [0.15, 0.2) is 0 Å². The Morgan fingerprint density at radius 1 is 1.04 bits per heavy atom. The first-order chi connectivity index (χ1) is 12.9. The number of carbonyl (C=O) groups is 1. The van der Waals surface area contributed by atoms with Gasteiger partial charge in [0, 0.05) is 11.3 Å². The van der Waals surface area contributed by atoms with E-state index in [1.807, 2.05) is 26.0 Å². The fourth-order valence-corrected chi connectivity index (χ4v) is 3.64. The van der Waals surface area contributed by atoms with Crippen LogP contribution in [0.25, 0.3) is 0 Å². The lowest BCUT2D eigenvalue weighted by molar-refractivity contribution is 0.102. The second kappa shape index (κ2) is 7.77. The Labute approximate surface area is 158 Å². The van der Waals surface area contributed by atoms with Crippen molar-refractivity contribution in [2.24, 2.45) is 0 Å². The number of hydrogen-bond acceptors (Lipinski definition) is 4. The number of amides is 1. The van der Waals surface area contributed by atoms with Crippen LogP contribution in [0, 0.1) is 13.8 Å². The van der Waals surface area contributed by atoms with Gasteiger partial charge in [-0.3, -0.25) is 4.79 Å². The highest BCUT2D eigenvalue weighted by Crippen LogP contribution is 2.19. The van der Waals surface area contributed by atoms with Crippen molar-refractivity contribution in [1.29, 1.82) is 0 Å². The topological polar surface area (TPSA) is 88.4 Å². The first-order valence-corrected chi connectivity index (χ1v) is 9.85. The third kappa shape index (κ3) is 4.45. The van der Waals surface area contributed by atoms with E-state index >= 15 is 0 Å². The van der Waals surface area contributed by atoms with Crippen molar-refractivity contribution in [3.63, 3.8) is 0 Å². The maximum atomic E-state index is 12.5. The molecule has 7 heteroatoms. The van der Waals surface area contributed by atoms with E-state index in [1.54, 1.807) is 30.3 Å². The summed E-state index contributed by atoms with van der Waals surface area (Å²) in [5, 5.41) is 2.76. The van der Waals surface area contributed by atoms with E-state index in [-0.39, 0.29) is 17.3 Å². The highest BCUT2D eigenvalue weighted by Gasteiger charge is 2.16. The van der Waals surface area contributed by atoms with Crippen molar-refractivity contribution >= 4 is 21.6 Å². The molecule has 0 unspecified atom stereocenters. The lowest BCUT2D eigenvalue weighted by Gasteiger charge is -2.11. The number of sulfonamides is 1. The molecule has 0 radical (unpaired) electrons. The molecule has 0 aliphatic carbocycles. The number of furan rings is 1. The van der Waals surface area contributed by atoms with Crippen molar-refractivity contribution in [2.75, 3.05) is 5.32 Å². The molecule has 0 atom stereocenters. The zero-order valence-electron chi connectivity index (χ0n) is 15.0. The third-order valence-corrected chi connectivity index (χ3v) is 5.67. The van der Waals surface area contributed by atoms with E-state index in [9.17, 15) is 13.2 Å². The number of aryl methyl sites for hydroxylation is 1. The summed E-state index contributed by atoms with van der Waals surface area (Å²) in [6, 6.07) is 15.0. The maximum Gasteiger partial charge on any atom is 0.255 e. The molecule has 1 aromatic heterocycles. The molecule has 0 spiro atoms. The molecule has 3 rings (SSSR count). The van der Waals surface area contributed by atoms with Gasteiger partial charge in [-0.05, 0) is 61.4 Å².